The van der Waals surface area contributed by atoms with Gasteiger partial charge < -0.3 is 16.0 Å². The molecule has 3 aromatic rings. The number of nitrogens with one attached hydrogen (secondary N) is 3. The summed E-state index contributed by atoms with van der Waals surface area (Å²) >= 11 is 9.20. The van der Waals surface area contributed by atoms with Crippen molar-refractivity contribution in [1.82, 2.24) is 10.6 Å². The molecule has 0 radical (unpaired) electrons. The Morgan fingerprint density at radius 3 is 2.44 bits per heavy atom. The number of halogens is 1. The molecule has 3 N–H and O–H groups in total. The van der Waals surface area contributed by atoms with Gasteiger partial charge in [0.2, 0.25) is 11.8 Å². The molecule has 7 heteroatoms. The SMILES string of the molecule is CC(C)c1ccc2c(c1)CC[C@H]1[C@](C)(C(=O)NC(=S)N[C@@H](Cc3ccccc3)C(=O)Nc3ccccc3Br)CCC[C@]21C. The average molecular weight is 661 g/mol. The Hall–Kier alpha value is -3.03. The lowest BCUT2D eigenvalue weighted by molar-refractivity contribution is -0.137. The van der Waals surface area contributed by atoms with E-state index in [9.17, 15) is 9.59 Å². The molecule has 0 heterocycles. The minimum absolute atomic E-state index is 0.0622. The van der Waals surface area contributed by atoms with E-state index < -0.39 is 11.5 Å². The molecule has 0 bridgehead atoms. The number of carbonyl (C=O) groups is 2. The van der Waals surface area contributed by atoms with E-state index in [0.29, 0.717) is 18.0 Å². The monoisotopic (exact) mass is 659 g/mol. The van der Waals surface area contributed by atoms with Gasteiger partial charge in [0.05, 0.1) is 11.1 Å². The van der Waals surface area contributed by atoms with E-state index in [1.54, 1.807) is 0 Å². The number of carbonyl (C=O) groups excluding carboxylic acids is 2. The fourth-order valence-electron chi connectivity index (χ4n) is 7.42. The van der Waals surface area contributed by atoms with Gasteiger partial charge in [0.1, 0.15) is 6.04 Å². The van der Waals surface area contributed by atoms with E-state index in [1.807, 2.05) is 54.6 Å². The van der Waals surface area contributed by atoms with E-state index >= 15 is 0 Å². The summed E-state index contributed by atoms with van der Waals surface area (Å²) in [7, 11) is 0. The molecule has 2 aliphatic rings. The summed E-state index contributed by atoms with van der Waals surface area (Å²) in [4.78, 5) is 27.6. The average Bonchev–Trinajstić information content (AvgIpc) is 2.98. The third kappa shape index (κ3) is 6.58. The van der Waals surface area contributed by atoms with Gasteiger partial charge in [-0.2, -0.15) is 0 Å². The van der Waals surface area contributed by atoms with Gasteiger partial charge in [-0.05, 0) is 105 Å². The lowest BCUT2D eigenvalue weighted by atomic mass is 9.49. The molecule has 1 fully saturated rings. The van der Waals surface area contributed by atoms with Gasteiger partial charge >= 0.3 is 0 Å². The van der Waals surface area contributed by atoms with Crippen LogP contribution in [0, 0.1) is 11.3 Å². The summed E-state index contributed by atoms with van der Waals surface area (Å²) in [5.41, 5.74) is 5.25. The number of hydrogen-bond acceptors (Lipinski definition) is 3. The molecule has 226 valence electrons. The van der Waals surface area contributed by atoms with Crippen LogP contribution in [0.4, 0.5) is 5.69 Å². The van der Waals surface area contributed by atoms with Gasteiger partial charge in [0.25, 0.3) is 0 Å². The molecule has 2 aliphatic carbocycles. The zero-order valence-electron chi connectivity index (χ0n) is 25.5. The van der Waals surface area contributed by atoms with E-state index in [-0.39, 0.29) is 28.3 Å². The van der Waals surface area contributed by atoms with Crippen LogP contribution in [0.1, 0.15) is 81.5 Å². The predicted molar refractivity (Wildman–Crippen MR) is 182 cm³/mol. The molecule has 0 aromatic heterocycles. The number of hydrogen-bond donors (Lipinski definition) is 3. The van der Waals surface area contributed by atoms with Gasteiger partial charge in [-0.15, -0.1) is 0 Å². The molecule has 0 spiro atoms. The van der Waals surface area contributed by atoms with Crippen molar-refractivity contribution in [2.75, 3.05) is 5.32 Å². The molecule has 0 unspecified atom stereocenters. The predicted octanol–water partition coefficient (Wildman–Crippen LogP) is 7.82. The van der Waals surface area contributed by atoms with Crippen molar-refractivity contribution >= 4 is 50.8 Å². The van der Waals surface area contributed by atoms with Crippen LogP contribution in [0.3, 0.4) is 0 Å². The van der Waals surface area contributed by atoms with Crippen LogP contribution in [0.25, 0.3) is 0 Å². The Labute approximate surface area is 269 Å². The largest absolute Gasteiger partial charge is 0.350 e. The lowest BCUT2D eigenvalue weighted by Gasteiger charge is -2.54. The number of rotatable bonds is 7. The van der Waals surface area contributed by atoms with Crippen LogP contribution >= 0.6 is 28.1 Å². The first kappa shape index (κ1) is 31.4. The fourth-order valence-corrected chi connectivity index (χ4v) is 8.04. The van der Waals surface area contributed by atoms with Crippen molar-refractivity contribution in [2.24, 2.45) is 11.3 Å². The summed E-state index contributed by atoms with van der Waals surface area (Å²) in [6.07, 6.45) is 5.24. The molecule has 2 amide bonds. The van der Waals surface area contributed by atoms with Crippen molar-refractivity contribution in [1.29, 1.82) is 0 Å². The number of amides is 2. The highest BCUT2D eigenvalue weighted by atomic mass is 79.9. The Balaban J connectivity index is 1.33. The number of thiocarbonyl (C=S) groups is 1. The molecule has 1 saturated carbocycles. The minimum Gasteiger partial charge on any atom is -0.350 e. The Morgan fingerprint density at radius 2 is 1.72 bits per heavy atom. The Kier molecular flexibility index (Phi) is 9.43. The van der Waals surface area contributed by atoms with Gasteiger partial charge in [-0.25, -0.2) is 0 Å². The first-order chi connectivity index (χ1) is 20.5. The molecule has 0 saturated heterocycles. The highest BCUT2D eigenvalue weighted by Gasteiger charge is 2.55. The van der Waals surface area contributed by atoms with Crippen LogP contribution in [0.15, 0.2) is 77.3 Å². The van der Waals surface area contributed by atoms with Crippen LogP contribution in [0.5, 0.6) is 0 Å². The summed E-state index contributed by atoms with van der Waals surface area (Å²) < 4.78 is 0.792. The van der Waals surface area contributed by atoms with Crippen molar-refractivity contribution < 1.29 is 9.59 Å². The molecular formula is C36H42BrN3O2S. The minimum atomic E-state index is -0.677. The molecule has 43 heavy (non-hydrogen) atoms. The third-order valence-electron chi connectivity index (χ3n) is 9.83. The summed E-state index contributed by atoms with van der Waals surface area (Å²) in [5, 5.41) is 9.39. The van der Waals surface area contributed by atoms with Gasteiger partial charge in [-0.3, -0.25) is 9.59 Å². The number of anilines is 1. The second-order valence-electron chi connectivity index (χ2n) is 13.0. The van der Waals surface area contributed by atoms with Crippen molar-refractivity contribution in [3.05, 3.63) is 99.5 Å². The first-order valence-electron chi connectivity index (χ1n) is 15.4. The maximum absolute atomic E-state index is 14.1. The highest BCUT2D eigenvalue weighted by molar-refractivity contribution is 9.10. The van der Waals surface area contributed by atoms with E-state index in [1.165, 1.54) is 16.7 Å². The number of benzene rings is 3. The zero-order chi connectivity index (χ0) is 30.8. The maximum atomic E-state index is 14.1. The topological polar surface area (TPSA) is 70.2 Å². The molecular weight excluding hydrogens is 618 g/mol. The van der Waals surface area contributed by atoms with E-state index in [0.717, 1.165) is 42.1 Å². The second kappa shape index (κ2) is 12.9. The van der Waals surface area contributed by atoms with Crippen molar-refractivity contribution in [2.45, 2.75) is 83.6 Å². The summed E-state index contributed by atoms with van der Waals surface area (Å²) in [5.74, 6) is 0.405. The number of para-hydroxylation sites is 1. The van der Waals surface area contributed by atoms with Gasteiger partial charge in [0, 0.05) is 10.9 Å². The van der Waals surface area contributed by atoms with Gasteiger partial charge in [0.15, 0.2) is 5.11 Å². The zero-order valence-corrected chi connectivity index (χ0v) is 27.9. The number of aryl methyl sites for hydroxylation is 1. The highest BCUT2D eigenvalue weighted by Crippen LogP contribution is 2.57. The van der Waals surface area contributed by atoms with Crippen molar-refractivity contribution in [3.63, 3.8) is 0 Å². The van der Waals surface area contributed by atoms with Crippen LogP contribution in [0.2, 0.25) is 0 Å². The normalized spacial score (nSPS) is 23.4. The molecule has 4 atom stereocenters. The first-order valence-corrected chi connectivity index (χ1v) is 16.6. The van der Waals surface area contributed by atoms with E-state index in [4.69, 9.17) is 12.2 Å². The van der Waals surface area contributed by atoms with E-state index in [2.05, 4.69) is 77.8 Å². The second-order valence-corrected chi connectivity index (χ2v) is 14.3. The smallest absolute Gasteiger partial charge is 0.247 e. The fraction of sp³-hybridized carbons (Fsp3) is 0.417. The van der Waals surface area contributed by atoms with Crippen LogP contribution in [-0.2, 0) is 27.8 Å². The van der Waals surface area contributed by atoms with Gasteiger partial charge in [-0.1, -0.05) is 94.8 Å². The third-order valence-corrected chi connectivity index (χ3v) is 10.7. The summed E-state index contributed by atoms with van der Waals surface area (Å²) in [6.45, 7) is 8.95. The Bertz CT molecular complexity index is 1510. The Morgan fingerprint density at radius 1 is 1.00 bits per heavy atom. The molecule has 5 nitrogen and oxygen atoms in total. The maximum Gasteiger partial charge on any atom is 0.247 e. The molecule has 3 aromatic carbocycles. The molecule has 0 aliphatic heterocycles. The summed E-state index contributed by atoms with van der Waals surface area (Å²) in [6, 6.07) is 23.6. The number of fused-ring (bicyclic) bond motifs is 3. The van der Waals surface area contributed by atoms with Crippen LogP contribution in [-0.4, -0.2) is 23.0 Å². The van der Waals surface area contributed by atoms with Crippen molar-refractivity contribution in [3.8, 4) is 0 Å². The standard InChI is InChI=1S/C36H42BrN3O2S/c1-23(2)25-15-17-27-26(22-25)16-18-31-35(27,3)19-10-20-36(31,4)33(42)40-34(43)39-30(21-24-11-6-5-7-12-24)32(41)38-29-14-9-8-13-28(29)37/h5-9,11-15,17,22-23,30-31H,10,16,18-21H2,1-4H3,(H,38,41)(H2,39,40,42,43)/t30-,31+,35+,36+/m0/s1. The van der Waals surface area contributed by atoms with Crippen LogP contribution < -0.4 is 16.0 Å². The quantitative estimate of drug-likeness (QED) is 0.226. The lowest BCUT2D eigenvalue weighted by Crippen LogP contribution is -2.58. The molecule has 5 rings (SSSR count).